The van der Waals surface area contributed by atoms with Crippen molar-refractivity contribution in [2.75, 3.05) is 39.4 Å². The lowest BCUT2D eigenvalue weighted by Gasteiger charge is -2.40. The monoisotopic (exact) mass is 419 g/mol. The Labute approximate surface area is 183 Å². The number of aromatic nitrogens is 1. The van der Waals surface area contributed by atoms with Gasteiger partial charge in [-0.05, 0) is 53.9 Å². The Balaban J connectivity index is 1.30. The Morgan fingerprint density at radius 1 is 0.968 bits per heavy atom. The van der Waals surface area contributed by atoms with Gasteiger partial charge in [0.15, 0.2) is 0 Å². The van der Waals surface area contributed by atoms with E-state index < -0.39 is 0 Å². The van der Waals surface area contributed by atoms with Gasteiger partial charge in [0, 0.05) is 50.6 Å². The number of nitrogens with zero attached hydrogens (tertiary/aromatic N) is 3. The van der Waals surface area contributed by atoms with Crippen LogP contribution < -0.4 is 0 Å². The predicted molar refractivity (Wildman–Crippen MR) is 117 cm³/mol. The number of carbonyl (C=O) groups excluding carboxylic acids is 2. The fraction of sp³-hybridized carbons (Fsp3) is 0.480. The predicted octanol–water partition coefficient (Wildman–Crippen LogP) is 2.99. The lowest BCUT2D eigenvalue weighted by molar-refractivity contribution is -0.135. The molecule has 0 radical (unpaired) electrons. The summed E-state index contributed by atoms with van der Waals surface area (Å²) in [5.41, 5.74) is 3.50. The third-order valence-corrected chi connectivity index (χ3v) is 7.33. The molecule has 1 aliphatic carbocycles. The number of hydrogen-bond donors (Lipinski definition) is 0. The van der Waals surface area contributed by atoms with Gasteiger partial charge in [0.05, 0.1) is 13.2 Å². The average Bonchev–Trinajstić information content (AvgIpc) is 3.13. The molecule has 2 aromatic rings. The minimum absolute atomic E-state index is 0.0710. The van der Waals surface area contributed by atoms with Gasteiger partial charge in [-0.25, -0.2) is 0 Å². The van der Waals surface area contributed by atoms with Crippen molar-refractivity contribution in [1.29, 1.82) is 0 Å². The quantitative estimate of drug-likeness (QED) is 0.767. The number of amides is 2. The maximum Gasteiger partial charge on any atom is 0.253 e. The van der Waals surface area contributed by atoms with Gasteiger partial charge in [0.1, 0.15) is 0 Å². The van der Waals surface area contributed by atoms with Crippen molar-refractivity contribution >= 4 is 11.8 Å². The molecule has 0 bridgehead atoms. The van der Waals surface area contributed by atoms with Crippen LogP contribution in [0.25, 0.3) is 0 Å². The second kappa shape index (κ2) is 8.42. The van der Waals surface area contributed by atoms with Crippen molar-refractivity contribution in [3.05, 3.63) is 65.5 Å². The SMILES string of the molecule is O=C(CC1CC2(CCN(C(=O)c3ccncc3)CC2)c2ccccc21)N1CCOCC1. The van der Waals surface area contributed by atoms with Crippen LogP contribution >= 0.6 is 0 Å². The zero-order valence-electron chi connectivity index (χ0n) is 17.8. The summed E-state index contributed by atoms with van der Waals surface area (Å²) >= 11 is 0. The van der Waals surface area contributed by atoms with E-state index in [9.17, 15) is 9.59 Å². The summed E-state index contributed by atoms with van der Waals surface area (Å²) in [5.74, 6) is 0.585. The van der Waals surface area contributed by atoms with Crippen LogP contribution in [-0.2, 0) is 14.9 Å². The molecule has 6 nitrogen and oxygen atoms in total. The topological polar surface area (TPSA) is 62.7 Å². The Bertz CT molecular complexity index is 947. The molecule has 1 aromatic carbocycles. The van der Waals surface area contributed by atoms with Crippen LogP contribution in [0.5, 0.6) is 0 Å². The first kappa shape index (κ1) is 20.2. The Kier molecular flexibility index (Phi) is 5.48. The number of rotatable bonds is 3. The minimum Gasteiger partial charge on any atom is -0.378 e. The van der Waals surface area contributed by atoms with E-state index in [4.69, 9.17) is 4.74 Å². The molecule has 5 rings (SSSR count). The highest BCUT2D eigenvalue weighted by Crippen LogP contribution is 2.52. The normalized spacial score (nSPS) is 22.4. The first-order valence-corrected chi connectivity index (χ1v) is 11.3. The molecule has 0 saturated carbocycles. The molecule has 2 amide bonds. The number of ether oxygens (including phenoxy) is 1. The standard InChI is InChI=1S/C25H29N3O3/c29-23(27-13-15-31-16-14-27)17-20-18-25(22-4-2-1-3-21(20)22)7-11-28(12-8-25)24(30)19-5-9-26-10-6-19/h1-6,9-10,20H,7-8,11-18H2. The van der Waals surface area contributed by atoms with E-state index in [1.54, 1.807) is 24.5 Å². The van der Waals surface area contributed by atoms with Gasteiger partial charge in [-0.3, -0.25) is 14.6 Å². The number of likely N-dealkylation sites (tertiary alicyclic amines) is 1. The van der Waals surface area contributed by atoms with Crippen LogP contribution in [0.15, 0.2) is 48.8 Å². The van der Waals surface area contributed by atoms with Crippen LogP contribution in [0.1, 0.15) is 53.1 Å². The van der Waals surface area contributed by atoms with E-state index in [2.05, 4.69) is 29.2 Å². The zero-order chi connectivity index (χ0) is 21.3. The van der Waals surface area contributed by atoms with Crippen molar-refractivity contribution in [3.63, 3.8) is 0 Å². The molecule has 1 unspecified atom stereocenters. The third kappa shape index (κ3) is 3.85. The van der Waals surface area contributed by atoms with Crippen molar-refractivity contribution in [2.45, 2.75) is 37.0 Å². The number of morpholine rings is 1. The van der Waals surface area contributed by atoms with Crippen LogP contribution in [0.3, 0.4) is 0 Å². The van der Waals surface area contributed by atoms with Crippen LogP contribution in [0.2, 0.25) is 0 Å². The first-order valence-electron chi connectivity index (χ1n) is 11.3. The van der Waals surface area contributed by atoms with E-state index in [0.717, 1.165) is 32.4 Å². The summed E-state index contributed by atoms with van der Waals surface area (Å²) in [6.07, 6.45) is 6.80. The molecule has 0 N–H and O–H groups in total. The number of piperidine rings is 1. The number of hydrogen-bond acceptors (Lipinski definition) is 4. The molecule has 1 spiro atoms. The lowest BCUT2D eigenvalue weighted by atomic mass is 9.73. The van der Waals surface area contributed by atoms with E-state index in [1.165, 1.54) is 11.1 Å². The largest absolute Gasteiger partial charge is 0.378 e. The van der Waals surface area contributed by atoms with Crippen molar-refractivity contribution < 1.29 is 14.3 Å². The lowest BCUT2D eigenvalue weighted by Crippen LogP contribution is -2.44. The molecule has 6 heteroatoms. The highest BCUT2D eigenvalue weighted by molar-refractivity contribution is 5.94. The third-order valence-electron chi connectivity index (χ3n) is 7.33. The van der Waals surface area contributed by atoms with Crippen LogP contribution in [0.4, 0.5) is 0 Å². The van der Waals surface area contributed by atoms with E-state index in [1.807, 2.05) is 9.80 Å². The van der Waals surface area contributed by atoms with Gasteiger partial charge in [0.25, 0.3) is 5.91 Å². The zero-order valence-corrected chi connectivity index (χ0v) is 17.8. The molecule has 3 heterocycles. The summed E-state index contributed by atoms with van der Waals surface area (Å²) in [5, 5.41) is 0. The molecule has 2 fully saturated rings. The summed E-state index contributed by atoms with van der Waals surface area (Å²) in [4.78, 5) is 33.7. The first-order chi connectivity index (χ1) is 15.2. The highest BCUT2D eigenvalue weighted by atomic mass is 16.5. The average molecular weight is 420 g/mol. The van der Waals surface area contributed by atoms with Gasteiger partial charge < -0.3 is 14.5 Å². The molecule has 1 atom stereocenters. The fourth-order valence-electron chi connectivity index (χ4n) is 5.65. The van der Waals surface area contributed by atoms with Gasteiger partial charge in [-0.2, -0.15) is 0 Å². The Hall–Kier alpha value is -2.73. The second-order valence-corrected chi connectivity index (χ2v) is 8.99. The van der Waals surface area contributed by atoms with Crippen molar-refractivity contribution in [2.24, 2.45) is 0 Å². The Morgan fingerprint density at radius 3 is 2.42 bits per heavy atom. The van der Waals surface area contributed by atoms with Gasteiger partial charge in [0.2, 0.25) is 5.91 Å². The van der Waals surface area contributed by atoms with Gasteiger partial charge >= 0.3 is 0 Å². The molecule has 2 saturated heterocycles. The fourth-order valence-corrected chi connectivity index (χ4v) is 5.65. The van der Waals surface area contributed by atoms with Gasteiger partial charge in [-0.1, -0.05) is 24.3 Å². The number of benzene rings is 1. The van der Waals surface area contributed by atoms with Crippen LogP contribution in [-0.4, -0.2) is 66.0 Å². The Morgan fingerprint density at radius 2 is 1.68 bits per heavy atom. The summed E-state index contributed by atoms with van der Waals surface area (Å²) in [7, 11) is 0. The molecule has 3 aliphatic rings. The van der Waals surface area contributed by atoms with E-state index in [0.29, 0.717) is 38.3 Å². The number of fused-ring (bicyclic) bond motifs is 2. The second-order valence-electron chi connectivity index (χ2n) is 8.99. The van der Waals surface area contributed by atoms with E-state index in [-0.39, 0.29) is 23.1 Å². The van der Waals surface area contributed by atoms with E-state index >= 15 is 0 Å². The molecular formula is C25H29N3O3. The number of carbonyl (C=O) groups is 2. The molecule has 31 heavy (non-hydrogen) atoms. The maximum absolute atomic E-state index is 12.9. The molecule has 2 aliphatic heterocycles. The molecular weight excluding hydrogens is 390 g/mol. The minimum atomic E-state index is 0.0710. The highest BCUT2D eigenvalue weighted by Gasteiger charge is 2.46. The smallest absolute Gasteiger partial charge is 0.253 e. The maximum atomic E-state index is 12.9. The van der Waals surface area contributed by atoms with Gasteiger partial charge in [-0.15, -0.1) is 0 Å². The molecule has 162 valence electrons. The summed E-state index contributed by atoms with van der Waals surface area (Å²) < 4.78 is 5.40. The molecule has 1 aromatic heterocycles. The number of pyridine rings is 1. The summed E-state index contributed by atoms with van der Waals surface area (Å²) in [6, 6.07) is 12.2. The van der Waals surface area contributed by atoms with Crippen molar-refractivity contribution in [3.8, 4) is 0 Å². The van der Waals surface area contributed by atoms with Crippen molar-refractivity contribution in [1.82, 2.24) is 14.8 Å². The van der Waals surface area contributed by atoms with Crippen LogP contribution in [0, 0.1) is 0 Å². The summed E-state index contributed by atoms with van der Waals surface area (Å²) in [6.45, 7) is 4.17.